The second-order valence-corrected chi connectivity index (χ2v) is 9.06. The first-order chi connectivity index (χ1) is 11.4. The highest BCUT2D eigenvalue weighted by atomic mass is 35.5. The molecule has 2 rings (SSSR count). The molecule has 1 fully saturated rings. The SMILES string of the molecule is CN=C(NCCCc1ccc(Cl)cc1Cl)NCC1CCS(=O)(=O)C1. The van der Waals surface area contributed by atoms with Gasteiger partial charge < -0.3 is 10.6 Å². The molecule has 0 saturated carbocycles. The highest BCUT2D eigenvalue weighted by Crippen LogP contribution is 2.22. The topological polar surface area (TPSA) is 70.6 Å². The highest BCUT2D eigenvalue weighted by Gasteiger charge is 2.27. The minimum Gasteiger partial charge on any atom is -0.356 e. The van der Waals surface area contributed by atoms with Gasteiger partial charge in [-0.1, -0.05) is 29.3 Å². The van der Waals surface area contributed by atoms with Gasteiger partial charge in [-0.2, -0.15) is 0 Å². The van der Waals surface area contributed by atoms with E-state index in [1.54, 1.807) is 13.1 Å². The quantitative estimate of drug-likeness (QED) is 0.444. The number of aryl methyl sites for hydroxylation is 1. The Morgan fingerprint density at radius 2 is 2.12 bits per heavy atom. The van der Waals surface area contributed by atoms with Crippen LogP contribution in [0.15, 0.2) is 23.2 Å². The van der Waals surface area contributed by atoms with Crippen molar-refractivity contribution in [3.05, 3.63) is 33.8 Å². The Morgan fingerprint density at radius 3 is 2.75 bits per heavy atom. The smallest absolute Gasteiger partial charge is 0.190 e. The first kappa shape index (κ1) is 19.3. The lowest BCUT2D eigenvalue weighted by Crippen LogP contribution is -2.40. The van der Waals surface area contributed by atoms with Crippen LogP contribution in [0.4, 0.5) is 0 Å². The summed E-state index contributed by atoms with van der Waals surface area (Å²) in [6.07, 6.45) is 2.47. The minimum atomic E-state index is -2.83. The lowest BCUT2D eigenvalue weighted by molar-refractivity contribution is 0.566. The third-order valence-corrected chi connectivity index (χ3v) is 6.46. The van der Waals surface area contributed by atoms with Crippen molar-refractivity contribution < 1.29 is 8.42 Å². The van der Waals surface area contributed by atoms with Crippen LogP contribution in [0.2, 0.25) is 10.0 Å². The number of rotatable bonds is 6. The third kappa shape index (κ3) is 6.15. The second-order valence-electron chi connectivity index (χ2n) is 5.99. The Labute approximate surface area is 153 Å². The van der Waals surface area contributed by atoms with Crippen molar-refractivity contribution in [2.75, 3.05) is 31.6 Å². The van der Waals surface area contributed by atoms with Crippen molar-refractivity contribution in [3.8, 4) is 0 Å². The van der Waals surface area contributed by atoms with Gasteiger partial charge in [0.1, 0.15) is 0 Å². The summed E-state index contributed by atoms with van der Waals surface area (Å²) < 4.78 is 22.9. The zero-order chi connectivity index (χ0) is 17.6. The van der Waals surface area contributed by atoms with Crippen molar-refractivity contribution in [2.45, 2.75) is 19.3 Å². The molecule has 5 nitrogen and oxygen atoms in total. The Kier molecular flexibility index (Phi) is 7.19. The summed E-state index contributed by atoms with van der Waals surface area (Å²) in [7, 11) is -1.13. The summed E-state index contributed by atoms with van der Waals surface area (Å²) in [4.78, 5) is 4.16. The van der Waals surface area contributed by atoms with Gasteiger partial charge in [0.25, 0.3) is 0 Å². The molecule has 1 aromatic rings. The number of nitrogens with one attached hydrogen (secondary N) is 2. The molecule has 2 N–H and O–H groups in total. The summed E-state index contributed by atoms with van der Waals surface area (Å²) >= 11 is 12.0. The summed E-state index contributed by atoms with van der Waals surface area (Å²) in [6, 6.07) is 5.53. The van der Waals surface area contributed by atoms with Crippen LogP contribution < -0.4 is 10.6 Å². The number of aliphatic imine (C=N–C) groups is 1. The summed E-state index contributed by atoms with van der Waals surface area (Å²) in [5, 5.41) is 7.76. The van der Waals surface area contributed by atoms with Crippen LogP contribution in [0.25, 0.3) is 0 Å². The van der Waals surface area contributed by atoms with E-state index in [0.29, 0.717) is 28.3 Å². The monoisotopic (exact) mass is 391 g/mol. The van der Waals surface area contributed by atoms with E-state index in [1.165, 1.54) is 0 Å². The van der Waals surface area contributed by atoms with E-state index in [9.17, 15) is 8.42 Å². The minimum absolute atomic E-state index is 0.168. The Bertz CT molecular complexity index is 693. The van der Waals surface area contributed by atoms with Gasteiger partial charge in [0, 0.05) is 30.2 Å². The van der Waals surface area contributed by atoms with Crippen LogP contribution in [0, 0.1) is 5.92 Å². The molecule has 1 aliphatic rings. The molecule has 1 saturated heterocycles. The van der Waals surface area contributed by atoms with Crippen LogP contribution in [0.1, 0.15) is 18.4 Å². The first-order valence-electron chi connectivity index (χ1n) is 7.98. The number of sulfone groups is 1. The predicted octanol–water partition coefficient (Wildman–Crippen LogP) is 2.53. The van der Waals surface area contributed by atoms with Gasteiger partial charge in [0.2, 0.25) is 0 Å². The van der Waals surface area contributed by atoms with E-state index in [4.69, 9.17) is 23.2 Å². The molecule has 0 radical (unpaired) electrons. The maximum Gasteiger partial charge on any atom is 0.190 e. The van der Waals surface area contributed by atoms with E-state index >= 15 is 0 Å². The van der Waals surface area contributed by atoms with Crippen LogP contribution in [0.5, 0.6) is 0 Å². The number of guanidine groups is 1. The molecule has 1 unspecified atom stereocenters. The van der Waals surface area contributed by atoms with E-state index in [1.807, 2.05) is 12.1 Å². The highest BCUT2D eigenvalue weighted by molar-refractivity contribution is 7.91. The molecule has 1 atom stereocenters. The van der Waals surface area contributed by atoms with Crippen molar-refractivity contribution in [2.24, 2.45) is 10.9 Å². The number of nitrogens with zero attached hydrogens (tertiary/aromatic N) is 1. The average Bonchev–Trinajstić information content (AvgIpc) is 2.87. The zero-order valence-electron chi connectivity index (χ0n) is 13.7. The number of hydrogen-bond donors (Lipinski definition) is 2. The Morgan fingerprint density at radius 1 is 1.33 bits per heavy atom. The van der Waals surface area contributed by atoms with E-state index in [2.05, 4.69) is 15.6 Å². The molecule has 8 heteroatoms. The van der Waals surface area contributed by atoms with Crippen LogP contribution in [-0.4, -0.2) is 46.0 Å². The second kappa shape index (κ2) is 8.92. The van der Waals surface area contributed by atoms with Crippen molar-refractivity contribution in [1.29, 1.82) is 0 Å². The molecule has 0 bridgehead atoms. The fraction of sp³-hybridized carbons (Fsp3) is 0.562. The lowest BCUT2D eigenvalue weighted by atomic mass is 10.1. The van der Waals surface area contributed by atoms with E-state index < -0.39 is 9.84 Å². The van der Waals surface area contributed by atoms with Gasteiger partial charge in [-0.15, -0.1) is 0 Å². The van der Waals surface area contributed by atoms with Crippen LogP contribution in [0.3, 0.4) is 0 Å². The van der Waals surface area contributed by atoms with Crippen molar-refractivity contribution in [3.63, 3.8) is 0 Å². The molecule has 0 spiro atoms. The Balaban J connectivity index is 1.68. The molecule has 1 heterocycles. The molecule has 0 amide bonds. The van der Waals surface area contributed by atoms with E-state index in [0.717, 1.165) is 31.4 Å². The van der Waals surface area contributed by atoms with Crippen LogP contribution in [-0.2, 0) is 16.3 Å². The number of halogens is 2. The van der Waals surface area contributed by atoms with Gasteiger partial charge in [0.15, 0.2) is 15.8 Å². The predicted molar refractivity (Wildman–Crippen MR) is 101 cm³/mol. The fourth-order valence-electron chi connectivity index (χ4n) is 2.70. The zero-order valence-corrected chi connectivity index (χ0v) is 16.0. The fourth-order valence-corrected chi connectivity index (χ4v) is 5.07. The lowest BCUT2D eigenvalue weighted by Gasteiger charge is -2.14. The summed E-state index contributed by atoms with van der Waals surface area (Å²) in [5.74, 6) is 1.43. The summed E-state index contributed by atoms with van der Waals surface area (Å²) in [5.41, 5.74) is 1.07. The third-order valence-electron chi connectivity index (χ3n) is 4.04. The van der Waals surface area contributed by atoms with Crippen molar-refractivity contribution in [1.82, 2.24) is 10.6 Å². The Hall–Kier alpha value is -0.980. The van der Waals surface area contributed by atoms with Gasteiger partial charge in [-0.05, 0) is 42.9 Å². The van der Waals surface area contributed by atoms with Gasteiger partial charge in [0.05, 0.1) is 11.5 Å². The first-order valence-corrected chi connectivity index (χ1v) is 10.6. The van der Waals surface area contributed by atoms with Crippen LogP contribution >= 0.6 is 23.2 Å². The number of benzene rings is 1. The molecule has 1 aliphatic heterocycles. The summed E-state index contributed by atoms with van der Waals surface area (Å²) in [6.45, 7) is 1.38. The molecule has 1 aromatic carbocycles. The molecule has 0 aromatic heterocycles. The standard InChI is InChI=1S/C16H23Cl2N3O2S/c1-19-16(21-10-12-6-8-24(22,23)11-12)20-7-2-3-13-4-5-14(17)9-15(13)18/h4-5,9,12H,2-3,6-8,10-11H2,1H3,(H2,19,20,21). The molecular weight excluding hydrogens is 369 g/mol. The normalized spacial score (nSPS) is 20.1. The van der Waals surface area contributed by atoms with E-state index in [-0.39, 0.29) is 11.7 Å². The average molecular weight is 392 g/mol. The molecule has 134 valence electrons. The number of hydrogen-bond acceptors (Lipinski definition) is 3. The van der Waals surface area contributed by atoms with Gasteiger partial charge in [-0.25, -0.2) is 8.42 Å². The van der Waals surface area contributed by atoms with Crippen molar-refractivity contribution >= 4 is 39.0 Å². The molecule has 0 aliphatic carbocycles. The largest absolute Gasteiger partial charge is 0.356 e. The molecule has 24 heavy (non-hydrogen) atoms. The molecular formula is C16H23Cl2N3O2S. The maximum atomic E-state index is 11.5. The van der Waals surface area contributed by atoms with Gasteiger partial charge in [-0.3, -0.25) is 4.99 Å². The van der Waals surface area contributed by atoms with Gasteiger partial charge >= 0.3 is 0 Å². The maximum absolute atomic E-state index is 11.5.